The molecule has 0 saturated heterocycles. The van der Waals surface area contributed by atoms with Gasteiger partial charge in [0.2, 0.25) is 0 Å². The van der Waals surface area contributed by atoms with E-state index in [0.717, 1.165) is 44.8 Å². The molecule has 3 aromatic heterocycles. The molecule has 0 amide bonds. The van der Waals surface area contributed by atoms with Gasteiger partial charge in [0.25, 0.3) is 0 Å². The zero-order valence-electron chi connectivity index (χ0n) is 15.3. The monoisotopic (exact) mass is 460 g/mol. The van der Waals surface area contributed by atoms with Crippen LogP contribution in [0.1, 0.15) is 22.8 Å². The fourth-order valence-electron chi connectivity index (χ4n) is 2.94. The average Bonchev–Trinajstić information content (AvgIpc) is 3.41. The molecule has 5 rings (SSSR count). The van der Waals surface area contributed by atoms with Gasteiger partial charge in [-0.25, -0.2) is 9.97 Å². The minimum atomic E-state index is 0.230. The molecule has 2 aliphatic heterocycles. The van der Waals surface area contributed by atoms with E-state index in [1.54, 1.807) is 0 Å². The Labute approximate surface area is 168 Å². The molecule has 2 radical (unpaired) electrons. The number of rotatable bonds is 0. The Bertz CT molecular complexity index is 1010. The summed E-state index contributed by atoms with van der Waals surface area (Å²) in [4.78, 5) is 20.6. The third kappa shape index (κ3) is 4.39. The number of fused-ring (bicyclic) bond motifs is 8. The standard InChI is InChI=1S/C20H14N4.2CH3.Sn/c1-2-14-10-16-5-6-18(23-16)12-20-8-7-19(24-20)11-17-4-3-15(22-17)9-13(1)21-14;;;/h1-12,21,24H;2*1H3;. The molecule has 3 aromatic rings. The zero-order chi connectivity index (χ0) is 18.6. The van der Waals surface area contributed by atoms with E-state index in [1.807, 2.05) is 48.6 Å². The van der Waals surface area contributed by atoms with Crippen LogP contribution < -0.4 is 0 Å². The van der Waals surface area contributed by atoms with Gasteiger partial charge in [-0.2, -0.15) is 0 Å². The summed E-state index contributed by atoms with van der Waals surface area (Å²) in [6.45, 7) is 0. The van der Waals surface area contributed by atoms with Gasteiger partial charge >= 0.3 is 31.0 Å². The molecule has 0 aromatic carbocycles. The van der Waals surface area contributed by atoms with Crippen molar-refractivity contribution in [3.8, 4) is 0 Å². The third-order valence-electron chi connectivity index (χ3n) is 4.04. The molecule has 5 heteroatoms. The maximum absolute atomic E-state index is 4.63. The van der Waals surface area contributed by atoms with Crippen molar-refractivity contribution >= 4 is 67.5 Å². The first-order valence-corrected chi connectivity index (χ1v) is 14.6. The number of aromatic nitrogens is 4. The van der Waals surface area contributed by atoms with Gasteiger partial charge in [0.1, 0.15) is 0 Å². The first kappa shape index (κ1) is 17.8. The van der Waals surface area contributed by atoms with Crippen molar-refractivity contribution in [2.45, 2.75) is 9.88 Å². The zero-order valence-corrected chi connectivity index (χ0v) is 18.2. The predicted octanol–water partition coefficient (Wildman–Crippen LogP) is 5.44. The Morgan fingerprint density at radius 2 is 0.815 bits per heavy atom. The molecule has 0 unspecified atom stereocenters. The maximum atomic E-state index is 4.63. The quantitative estimate of drug-likeness (QED) is 0.303. The molecule has 5 heterocycles. The third-order valence-corrected chi connectivity index (χ3v) is 4.04. The summed E-state index contributed by atoms with van der Waals surface area (Å²) in [5.41, 5.74) is 7.86. The van der Waals surface area contributed by atoms with Gasteiger partial charge in [-0.15, -0.1) is 0 Å². The van der Waals surface area contributed by atoms with Crippen LogP contribution in [0.5, 0.6) is 0 Å². The van der Waals surface area contributed by atoms with Crippen molar-refractivity contribution in [1.29, 1.82) is 0 Å². The Morgan fingerprint density at radius 3 is 1.07 bits per heavy atom. The van der Waals surface area contributed by atoms with Crippen LogP contribution in [-0.4, -0.2) is 41.1 Å². The van der Waals surface area contributed by atoms with Gasteiger partial charge in [-0.1, -0.05) is 0 Å². The van der Waals surface area contributed by atoms with E-state index in [9.17, 15) is 0 Å². The fourth-order valence-corrected chi connectivity index (χ4v) is 2.94. The SMILES string of the molecule is C1=Cc2cc3ccc(cc4nc(cc5ccc(cc1n2)[nH]5)C=C4)[nH]3.[CH3][Sn][CH3]. The van der Waals surface area contributed by atoms with Gasteiger partial charge in [-0.3, -0.25) is 0 Å². The summed E-state index contributed by atoms with van der Waals surface area (Å²) in [6.07, 6.45) is 8.09. The van der Waals surface area contributed by atoms with Crippen molar-refractivity contribution in [2.75, 3.05) is 0 Å². The topological polar surface area (TPSA) is 57.4 Å². The fraction of sp³-hybridized carbons (Fsp3) is 0.0909. The molecule has 0 saturated carbocycles. The van der Waals surface area contributed by atoms with Crippen LogP contribution in [0, 0.1) is 0 Å². The summed E-state index contributed by atoms with van der Waals surface area (Å²) in [5.74, 6) is 0. The molecular formula is C22H20N4Sn. The minimum absolute atomic E-state index is 0.230. The molecule has 2 aliphatic rings. The molecule has 4 nitrogen and oxygen atoms in total. The van der Waals surface area contributed by atoms with Crippen molar-refractivity contribution in [2.24, 2.45) is 0 Å². The van der Waals surface area contributed by atoms with Crippen LogP contribution in [-0.2, 0) is 0 Å². The van der Waals surface area contributed by atoms with Gasteiger partial charge in [0.15, 0.2) is 0 Å². The molecule has 0 fully saturated rings. The number of nitrogens with zero attached hydrogens (tertiary/aromatic N) is 2. The first-order valence-electron chi connectivity index (χ1n) is 8.85. The van der Waals surface area contributed by atoms with Crippen LogP contribution in [0.2, 0.25) is 9.88 Å². The van der Waals surface area contributed by atoms with Gasteiger partial charge in [0, 0.05) is 22.1 Å². The van der Waals surface area contributed by atoms with E-state index in [2.05, 4.69) is 54.1 Å². The number of H-pyrrole nitrogens is 2. The molecule has 132 valence electrons. The van der Waals surface area contributed by atoms with E-state index in [-0.39, 0.29) is 21.1 Å². The van der Waals surface area contributed by atoms with Crippen LogP contribution in [0.4, 0.5) is 0 Å². The van der Waals surface area contributed by atoms with Crippen LogP contribution in [0.25, 0.3) is 46.4 Å². The van der Waals surface area contributed by atoms with Crippen molar-refractivity contribution in [3.63, 3.8) is 0 Å². The number of hydrogen-bond acceptors (Lipinski definition) is 2. The molecule has 2 N–H and O–H groups in total. The number of hydrogen-bond donors (Lipinski definition) is 2. The second-order valence-electron chi connectivity index (χ2n) is 6.41. The first-order chi connectivity index (χ1) is 13.2. The molecule has 0 aliphatic carbocycles. The van der Waals surface area contributed by atoms with E-state index >= 15 is 0 Å². The van der Waals surface area contributed by atoms with Gasteiger partial charge in [0.05, 0.1) is 22.8 Å². The van der Waals surface area contributed by atoms with E-state index in [1.165, 1.54) is 0 Å². The van der Waals surface area contributed by atoms with Crippen molar-refractivity contribution < 1.29 is 0 Å². The van der Waals surface area contributed by atoms with Crippen molar-refractivity contribution in [1.82, 2.24) is 19.9 Å². The van der Waals surface area contributed by atoms with E-state index in [4.69, 9.17) is 0 Å². The summed E-state index contributed by atoms with van der Waals surface area (Å²) in [7, 11) is 0. The Hall–Kier alpha value is -2.60. The van der Waals surface area contributed by atoms with Gasteiger partial charge in [-0.05, 0) is 72.8 Å². The van der Waals surface area contributed by atoms with E-state index in [0.29, 0.717) is 0 Å². The second-order valence-corrected chi connectivity index (χ2v) is 9.26. The van der Waals surface area contributed by atoms with Crippen LogP contribution in [0.3, 0.4) is 0 Å². The average molecular weight is 459 g/mol. The summed E-state index contributed by atoms with van der Waals surface area (Å²) in [5, 5.41) is 0. The number of nitrogens with one attached hydrogen (secondary N) is 2. The number of aromatic amines is 2. The second kappa shape index (κ2) is 7.96. The normalized spacial score (nSPS) is 11.9. The van der Waals surface area contributed by atoms with Crippen LogP contribution in [0.15, 0.2) is 48.5 Å². The molecular weight excluding hydrogens is 439 g/mol. The molecule has 0 atom stereocenters. The predicted molar refractivity (Wildman–Crippen MR) is 116 cm³/mol. The molecule has 0 spiro atoms. The van der Waals surface area contributed by atoms with Crippen molar-refractivity contribution in [3.05, 3.63) is 71.3 Å². The molecule has 27 heavy (non-hydrogen) atoms. The summed E-state index contributed by atoms with van der Waals surface area (Å²) in [6, 6.07) is 16.4. The Balaban J connectivity index is 0.000000565. The molecule has 8 bridgehead atoms. The Kier molecular flexibility index (Phi) is 5.25. The summed E-state index contributed by atoms with van der Waals surface area (Å²) < 4.78 is 0. The van der Waals surface area contributed by atoms with Crippen LogP contribution >= 0.6 is 0 Å². The Morgan fingerprint density at radius 1 is 0.556 bits per heavy atom. The van der Waals surface area contributed by atoms with Gasteiger partial charge < -0.3 is 9.97 Å². The van der Waals surface area contributed by atoms with E-state index < -0.39 is 0 Å². The summed E-state index contributed by atoms with van der Waals surface area (Å²) >= 11 is 0.230.